The molecule has 6 heteroatoms. The summed E-state index contributed by atoms with van der Waals surface area (Å²) in [5, 5.41) is 1.60. The monoisotopic (exact) mass is 472 g/mol. The molecule has 2 rings (SSSR count). The molecule has 108 valence electrons. The van der Waals surface area contributed by atoms with Gasteiger partial charge in [0.15, 0.2) is 0 Å². The van der Waals surface area contributed by atoms with Crippen LogP contribution in [-0.4, -0.2) is 12.5 Å². The normalized spacial score (nSPS) is 9.90. The Hall–Kier alpha value is 0.680. The van der Waals surface area contributed by atoms with Gasteiger partial charge in [-0.2, -0.15) is 0 Å². The van der Waals surface area contributed by atoms with Gasteiger partial charge in [0.2, 0.25) is 0 Å². The molecule has 0 fully saturated rings. The lowest BCUT2D eigenvalue weighted by atomic mass is 10.4. The summed E-state index contributed by atoms with van der Waals surface area (Å²) >= 11 is 21.8. The fraction of sp³-hybridized carbons (Fsp3) is 0.143. The summed E-state index contributed by atoms with van der Waals surface area (Å²) in [5.41, 5.74) is 0. The van der Waals surface area contributed by atoms with Crippen LogP contribution in [0.15, 0.2) is 55.1 Å². The molecule has 0 saturated carbocycles. The summed E-state index contributed by atoms with van der Waals surface area (Å²) in [4.78, 5) is 2.21. The van der Waals surface area contributed by atoms with Crippen molar-refractivity contribution in [2.45, 2.75) is 9.79 Å². The molecule has 0 saturated heterocycles. The highest BCUT2D eigenvalue weighted by molar-refractivity contribution is 9.10. The van der Waals surface area contributed by atoms with E-state index in [-0.39, 0.29) is 0 Å². The van der Waals surface area contributed by atoms with E-state index in [0.717, 1.165) is 28.8 Å². The maximum atomic E-state index is 5.93. The molecule has 0 atom stereocenters. The third-order valence-corrected chi connectivity index (χ3v) is 6.65. The average molecular weight is 475 g/mol. The van der Waals surface area contributed by atoms with Gasteiger partial charge in [-0.05, 0) is 68.6 Å². The molecule has 0 N–H and O–H groups in total. The van der Waals surface area contributed by atoms with Crippen LogP contribution >= 0.6 is 78.6 Å². The van der Waals surface area contributed by atoms with Crippen molar-refractivity contribution in [3.8, 4) is 0 Å². The molecule has 0 spiro atoms. The van der Waals surface area contributed by atoms with Gasteiger partial charge in [0.05, 0.1) is 10.0 Å². The van der Waals surface area contributed by atoms with Crippen LogP contribution in [0, 0.1) is 0 Å². The van der Waals surface area contributed by atoms with E-state index in [1.165, 1.54) is 0 Å². The van der Waals surface area contributed by atoms with Crippen molar-refractivity contribution in [1.82, 2.24) is 0 Å². The number of hydrogen-bond donors (Lipinski definition) is 0. The van der Waals surface area contributed by atoms with Crippen molar-refractivity contribution in [1.29, 1.82) is 0 Å². The van der Waals surface area contributed by atoms with Gasteiger partial charge >= 0.3 is 0 Å². The van der Waals surface area contributed by atoms with E-state index < -0.39 is 0 Å². The third-order valence-electron chi connectivity index (χ3n) is 2.27. The Morgan fingerprint density at radius 1 is 0.750 bits per heavy atom. The van der Waals surface area contributed by atoms with Crippen molar-refractivity contribution >= 4 is 78.6 Å². The minimum atomic E-state index is 0.801. The van der Waals surface area contributed by atoms with E-state index in [1.54, 1.807) is 23.5 Å². The van der Waals surface area contributed by atoms with Gasteiger partial charge in [-0.1, -0.05) is 35.3 Å². The van der Waals surface area contributed by atoms with Crippen LogP contribution in [0.1, 0.15) is 0 Å². The van der Waals surface area contributed by atoms with Crippen LogP contribution in [0.2, 0.25) is 10.0 Å². The van der Waals surface area contributed by atoms with Gasteiger partial charge in [0.1, 0.15) is 0 Å². The number of rotatable bonds is 2. The predicted octanol–water partition coefficient (Wildman–Crippen LogP) is 7.65. The lowest BCUT2D eigenvalue weighted by Crippen LogP contribution is -1.72. The average Bonchev–Trinajstić information content (AvgIpc) is 2.45. The second-order valence-electron chi connectivity index (χ2n) is 3.51. The molecule has 0 unspecified atom stereocenters. The molecule has 0 bridgehead atoms. The first-order valence-electron chi connectivity index (χ1n) is 5.47. The second kappa shape index (κ2) is 9.65. The van der Waals surface area contributed by atoms with Crippen LogP contribution in [0.3, 0.4) is 0 Å². The zero-order chi connectivity index (χ0) is 15.1. The summed E-state index contributed by atoms with van der Waals surface area (Å²) in [6.07, 6.45) is 4.02. The first-order chi connectivity index (χ1) is 9.51. The molecule has 20 heavy (non-hydrogen) atoms. The van der Waals surface area contributed by atoms with Crippen molar-refractivity contribution in [2.24, 2.45) is 0 Å². The maximum absolute atomic E-state index is 5.93. The van der Waals surface area contributed by atoms with E-state index in [0.29, 0.717) is 0 Å². The zero-order valence-electron chi connectivity index (χ0n) is 10.8. The van der Waals surface area contributed by atoms with E-state index in [4.69, 9.17) is 23.2 Å². The minimum absolute atomic E-state index is 0.801. The Labute approximate surface area is 155 Å². The Balaban J connectivity index is 0.000000200. The van der Waals surface area contributed by atoms with Gasteiger partial charge < -0.3 is 0 Å². The number of halogens is 4. The third kappa shape index (κ3) is 5.47. The number of thioether (sulfide) groups is 2. The molecule has 0 aliphatic rings. The Morgan fingerprint density at radius 3 is 1.35 bits per heavy atom. The van der Waals surface area contributed by atoms with E-state index in [2.05, 4.69) is 31.9 Å². The van der Waals surface area contributed by atoms with Gasteiger partial charge in [0.25, 0.3) is 0 Å². The van der Waals surface area contributed by atoms with Crippen molar-refractivity contribution in [2.75, 3.05) is 12.5 Å². The van der Waals surface area contributed by atoms with Crippen molar-refractivity contribution < 1.29 is 0 Å². The molecule has 0 aliphatic carbocycles. The fourth-order valence-electron chi connectivity index (χ4n) is 1.28. The highest BCUT2D eigenvalue weighted by Crippen LogP contribution is 2.32. The van der Waals surface area contributed by atoms with Crippen molar-refractivity contribution in [3.63, 3.8) is 0 Å². The summed E-state index contributed by atoms with van der Waals surface area (Å²) in [6.45, 7) is 0. The molecule has 0 radical (unpaired) electrons. The molecule has 0 amide bonds. The zero-order valence-corrected chi connectivity index (χ0v) is 17.1. The van der Waals surface area contributed by atoms with Crippen LogP contribution < -0.4 is 0 Å². The molecule has 0 aromatic heterocycles. The molecular weight excluding hydrogens is 463 g/mol. The van der Waals surface area contributed by atoms with Crippen LogP contribution in [0.4, 0.5) is 0 Å². The second-order valence-corrected chi connectivity index (χ2v) is 7.67. The molecule has 2 aromatic rings. The van der Waals surface area contributed by atoms with Gasteiger partial charge in [0, 0.05) is 18.7 Å². The number of hydrogen-bond acceptors (Lipinski definition) is 2. The Morgan fingerprint density at radius 2 is 1.10 bits per heavy atom. The Bertz CT molecular complexity index is 526. The van der Waals surface area contributed by atoms with Gasteiger partial charge in [-0.15, -0.1) is 23.5 Å². The fourth-order valence-corrected chi connectivity index (χ4v) is 4.00. The highest BCUT2D eigenvalue weighted by atomic mass is 79.9. The quantitative estimate of drug-likeness (QED) is 0.410. The van der Waals surface area contributed by atoms with E-state index in [1.807, 2.05) is 48.9 Å². The molecule has 2 aromatic carbocycles. The van der Waals surface area contributed by atoms with Gasteiger partial charge in [-0.3, -0.25) is 0 Å². The Kier molecular flexibility index (Phi) is 9.03. The maximum Gasteiger partial charge on any atom is 0.0683 e. The first kappa shape index (κ1) is 18.7. The molecule has 0 nitrogen and oxygen atoms in total. The van der Waals surface area contributed by atoms with Gasteiger partial charge in [-0.25, -0.2) is 0 Å². The van der Waals surface area contributed by atoms with Crippen LogP contribution in [0.5, 0.6) is 0 Å². The summed E-state index contributed by atoms with van der Waals surface area (Å²) < 4.78 is 1.92. The SMILES string of the molecule is CSc1cccc(Br)c1Cl.CSc1cccc(Br)c1Cl. The summed E-state index contributed by atoms with van der Waals surface area (Å²) in [5.74, 6) is 0. The molecular formula is C14H12Br2Cl2S2. The molecule has 0 heterocycles. The van der Waals surface area contributed by atoms with Crippen LogP contribution in [0.25, 0.3) is 0 Å². The summed E-state index contributed by atoms with van der Waals surface area (Å²) in [7, 11) is 0. The van der Waals surface area contributed by atoms with E-state index >= 15 is 0 Å². The lowest BCUT2D eigenvalue weighted by molar-refractivity contribution is 1.44. The standard InChI is InChI=1S/2C7H6BrClS/c2*1-10-6-4-2-3-5(8)7(6)9/h2*2-4H,1H3. The largest absolute Gasteiger partial charge is 0.128 e. The first-order valence-corrected chi connectivity index (χ1v) is 10.3. The van der Waals surface area contributed by atoms with E-state index in [9.17, 15) is 0 Å². The molecule has 0 aliphatic heterocycles. The topological polar surface area (TPSA) is 0 Å². The smallest absolute Gasteiger partial charge is 0.0683 e. The minimum Gasteiger partial charge on any atom is -0.128 e. The highest BCUT2D eigenvalue weighted by Gasteiger charge is 2.01. The summed E-state index contributed by atoms with van der Waals surface area (Å²) in [6, 6.07) is 11.8. The predicted molar refractivity (Wildman–Crippen MR) is 102 cm³/mol. The van der Waals surface area contributed by atoms with Crippen LogP contribution in [-0.2, 0) is 0 Å². The lowest BCUT2D eigenvalue weighted by Gasteiger charge is -2.00. The van der Waals surface area contributed by atoms with Crippen molar-refractivity contribution in [3.05, 3.63) is 55.4 Å². The number of benzene rings is 2.